The first-order valence-electron chi connectivity index (χ1n) is 7.84. The Hall–Kier alpha value is -3.60. The van der Waals surface area contributed by atoms with Crippen LogP contribution in [0.3, 0.4) is 0 Å². The number of thiophene rings is 1. The second-order valence-corrected chi connectivity index (χ2v) is 6.21. The Morgan fingerprint density at radius 3 is 2.52 bits per heavy atom. The minimum absolute atomic E-state index is 0.221. The van der Waals surface area contributed by atoms with Crippen molar-refractivity contribution in [1.82, 2.24) is 36.4 Å². The second-order valence-electron chi connectivity index (χ2n) is 5.27. The fraction of sp³-hybridized carbons (Fsp3) is 0.125. The number of amides is 3. The van der Waals surface area contributed by atoms with E-state index < -0.39 is 11.8 Å². The zero-order chi connectivity index (χ0) is 19.1. The number of hydrazine groups is 1. The first-order valence-corrected chi connectivity index (χ1v) is 8.72. The van der Waals surface area contributed by atoms with Gasteiger partial charge in [-0.25, -0.2) is 0 Å². The highest BCUT2D eigenvalue weighted by molar-refractivity contribution is 7.12. The molecule has 0 radical (unpaired) electrons. The van der Waals surface area contributed by atoms with Crippen molar-refractivity contribution in [2.45, 2.75) is 6.54 Å². The topological polar surface area (TPSA) is 131 Å². The molecule has 2 aromatic heterocycles. The summed E-state index contributed by atoms with van der Waals surface area (Å²) in [4.78, 5) is 36.8. The van der Waals surface area contributed by atoms with Crippen LogP contribution in [-0.4, -0.2) is 44.5 Å². The molecular weight excluding hydrogens is 370 g/mol. The van der Waals surface area contributed by atoms with Crippen LogP contribution in [0, 0.1) is 0 Å². The Kier molecular flexibility index (Phi) is 5.84. The minimum Gasteiger partial charge on any atom is -0.342 e. The summed E-state index contributed by atoms with van der Waals surface area (Å²) in [7, 11) is 0. The normalized spacial score (nSPS) is 10.2. The first kappa shape index (κ1) is 18.2. The van der Waals surface area contributed by atoms with E-state index in [9.17, 15) is 14.4 Å². The molecule has 0 aliphatic rings. The number of carbonyl (C=O) groups excluding carboxylic acids is 3. The second kappa shape index (κ2) is 8.67. The van der Waals surface area contributed by atoms with E-state index in [0.29, 0.717) is 10.7 Å². The predicted molar refractivity (Wildman–Crippen MR) is 96.2 cm³/mol. The molecule has 0 saturated carbocycles. The number of carbonyl (C=O) groups is 3. The zero-order valence-electron chi connectivity index (χ0n) is 14.0. The number of rotatable bonds is 6. The Labute approximate surface area is 157 Å². The Morgan fingerprint density at radius 1 is 1.00 bits per heavy atom. The molecule has 3 rings (SSSR count). The van der Waals surface area contributed by atoms with Gasteiger partial charge in [-0.3, -0.25) is 25.2 Å². The molecule has 0 atom stereocenters. The van der Waals surface area contributed by atoms with E-state index in [4.69, 9.17) is 0 Å². The highest BCUT2D eigenvalue weighted by Gasteiger charge is 2.11. The van der Waals surface area contributed by atoms with Crippen LogP contribution in [-0.2, 0) is 16.1 Å². The third kappa shape index (κ3) is 5.19. The molecule has 27 heavy (non-hydrogen) atoms. The third-order valence-corrected chi connectivity index (χ3v) is 4.13. The lowest BCUT2D eigenvalue weighted by atomic mass is 10.2. The molecule has 0 unspecified atom stereocenters. The highest BCUT2D eigenvalue weighted by atomic mass is 32.1. The average molecular weight is 385 g/mol. The fourth-order valence-electron chi connectivity index (χ4n) is 2.02. The van der Waals surface area contributed by atoms with Gasteiger partial charge in [0, 0.05) is 5.56 Å². The van der Waals surface area contributed by atoms with Crippen LogP contribution < -0.4 is 16.2 Å². The largest absolute Gasteiger partial charge is 0.342 e. The smallest absolute Gasteiger partial charge is 0.262 e. The standard InChI is InChI=1S/C16H15N7O3S/c24-13(9-17-16(26)12-7-4-8-27-12)18-19-14(25)10-23-21-15(20-22-23)11-5-2-1-3-6-11/h1-8H,9-10H2,(H,17,26)(H,18,24)(H,19,25). The van der Waals surface area contributed by atoms with Crippen LogP contribution in [0.25, 0.3) is 11.4 Å². The molecule has 0 bridgehead atoms. The van der Waals surface area contributed by atoms with Gasteiger partial charge in [0.05, 0.1) is 11.4 Å². The van der Waals surface area contributed by atoms with E-state index in [1.54, 1.807) is 17.5 Å². The third-order valence-electron chi connectivity index (χ3n) is 3.27. The molecule has 1 aromatic carbocycles. The van der Waals surface area contributed by atoms with E-state index in [1.165, 1.54) is 11.3 Å². The van der Waals surface area contributed by atoms with Crippen molar-refractivity contribution in [3.8, 4) is 11.4 Å². The van der Waals surface area contributed by atoms with Crippen LogP contribution >= 0.6 is 11.3 Å². The average Bonchev–Trinajstić information content (AvgIpc) is 3.37. The maximum atomic E-state index is 11.8. The van der Waals surface area contributed by atoms with Gasteiger partial charge in [-0.1, -0.05) is 36.4 Å². The number of hydrogen-bond acceptors (Lipinski definition) is 7. The molecule has 10 nitrogen and oxygen atoms in total. The van der Waals surface area contributed by atoms with Gasteiger partial charge in [-0.15, -0.1) is 21.5 Å². The fourth-order valence-corrected chi connectivity index (χ4v) is 2.66. The van der Waals surface area contributed by atoms with Gasteiger partial charge in [0.15, 0.2) is 0 Å². The maximum absolute atomic E-state index is 11.8. The van der Waals surface area contributed by atoms with Gasteiger partial charge in [0.1, 0.15) is 6.54 Å². The van der Waals surface area contributed by atoms with E-state index >= 15 is 0 Å². The van der Waals surface area contributed by atoms with Crippen molar-refractivity contribution in [3.63, 3.8) is 0 Å². The van der Waals surface area contributed by atoms with Gasteiger partial charge < -0.3 is 5.32 Å². The summed E-state index contributed by atoms with van der Waals surface area (Å²) in [6.07, 6.45) is 0. The van der Waals surface area contributed by atoms with Crippen molar-refractivity contribution >= 4 is 29.1 Å². The monoisotopic (exact) mass is 385 g/mol. The highest BCUT2D eigenvalue weighted by Crippen LogP contribution is 2.11. The molecule has 0 aliphatic heterocycles. The van der Waals surface area contributed by atoms with Gasteiger partial charge in [-0.05, 0) is 16.7 Å². The number of nitrogens with one attached hydrogen (secondary N) is 3. The molecule has 0 saturated heterocycles. The van der Waals surface area contributed by atoms with Crippen LogP contribution in [0.5, 0.6) is 0 Å². The lowest BCUT2D eigenvalue weighted by Gasteiger charge is -2.07. The molecule has 3 aromatic rings. The van der Waals surface area contributed by atoms with Crippen molar-refractivity contribution in [1.29, 1.82) is 0 Å². The molecule has 138 valence electrons. The number of tetrazole rings is 1. The van der Waals surface area contributed by atoms with Gasteiger partial charge in [0.2, 0.25) is 5.82 Å². The minimum atomic E-state index is -0.565. The first-order chi connectivity index (χ1) is 13.1. The maximum Gasteiger partial charge on any atom is 0.262 e. The Balaban J connectivity index is 1.41. The van der Waals surface area contributed by atoms with Gasteiger partial charge in [-0.2, -0.15) is 4.80 Å². The quantitative estimate of drug-likeness (QED) is 0.511. The SMILES string of the molecule is O=C(CNC(=O)c1cccs1)NNC(=O)Cn1nnc(-c2ccccc2)n1. The summed E-state index contributed by atoms with van der Waals surface area (Å²) in [5.74, 6) is -1.06. The van der Waals surface area contributed by atoms with E-state index in [-0.39, 0.29) is 19.0 Å². The lowest BCUT2D eigenvalue weighted by molar-refractivity contribution is -0.129. The molecule has 0 aliphatic carbocycles. The molecule has 0 spiro atoms. The molecule has 11 heteroatoms. The van der Waals surface area contributed by atoms with Gasteiger partial charge >= 0.3 is 0 Å². The summed E-state index contributed by atoms with van der Waals surface area (Å²) in [6.45, 7) is -0.488. The Morgan fingerprint density at radius 2 is 1.78 bits per heavy atom. The van der Waals surface area contributed by atoms with E-state index in [2.05, 4.69) is 31.6 Å². The molecule has 0 fully saturated rings. The van der Waals surface area contributed by atoms with Crippen molar-refractivity contribution in [2.24, 2.45) is 0 Å². The summed E-state index contributed by atoms with van der Waals surface area (Å²) >= 11 is 1.27. The van der Waals surface area contributed by atoms with Gasteiger partial charge in [0.25, 0.3) is 17.7 Å². The number of hydrogen-bond donors (Lipinski definition) is 3. The Bertz CT molecular complexity index is 925. The number of nitrogens with zero attached hydrogens (tertiary/aromatic N) is 4. The molecule has 2 heterocycles. The van der Waals surface area contributed by atoms with Crippen molar-refractivity contribution in [3.05, 3.63) is 52.7 Å². The van der Waals surface area contributed by atoms with Crippen LogP contribution in [0.2, 0.25) is 0 Å². The molecule has 3 N–H and O–H groups in total. The van der Waals surface area contributed by atoms with E-state index in [1.807, 2.05) is 30.3 Å². The van der Waals surface area contributed by atoms with Crippen LogP contribution in [0.15, 0.2) is 47.8 Å². The summed E-state index contributed by atoms with van der Waals surface area (Å²) in [6, 6.07) is 12.6. The van der Waals surface area contributed by atoms with Crippen LogP contribution in [0.4, 0.5) is 0 Å². The summed E-state index contributed by atoms with van der Waals surface area (Å²) in [5.41, 5.74) is 5.20. The van der Waals surface area contributed by atoms with Crippen molar-refractivity contribution in [2.75, 3.05) is 6.54 Å². The van der Waals surface area contributed by atoms with E-state index in [0.717, 1.165) is 10.4 Å². The summed E-state index contributed by atoms with van der Waals surface area (Å²) in [5, 5.41) is 16.0. The number of benzene rings is 1. The molecule has 3 amide bonds. The zero-order valence-corrected chi connectivity index (χ0v) is 14.8. The lowest BCUT2D eigenvalue weighted by Crippen LogP contribution is -2.47. The molecular formula is C16H15N7O3S. The van der Waals surface area contributed by atoms with Crippen LogP contribution in [0.1, 0.15) is 9.67 Å². The summed E-state index contributed by atoms with van der Waals surface area (Å²) < 4.78 is 0. The van der Waals surface area contributed by atoms with Crippen molar-refractivity contribution < 1.29 is 14.4 Å². The number of aromatic nitrogens is 4. The predicted octanol–water partition coefficient (Wildman–Crippen LogP) is -0.0210.